The van der Waals surface area contributed by atoms with Gasteiger partial charge in [0, 0.05) is 12.4 Å². The molecule has 2 aromatic rings. The van der Waals surface area contributed by atoms with Crippen LogP contribution in [0.5, 0.6) is 0 Å². The molecule has 22 heavy (non-hydrogen) atoms. The number of nitriles is 1. The smallest absolute Gasteiger partial charge is 0.240 e. The van der Waals surface area contributed by atoms with Crippen molar-refractivity contribution in [1.82, 2.24) is 10.3 Å². The highest BCUT2D eigenvalue weighted by molar-refractivity contribution is 5.84. The molecule has 0 aliphatic carbocycles. The Morgan fingerprint density at radius 1 is 1.14 bits per heavy atom. The third kappa shape index (κ3) is 3.50. The maximum atomic E-state index is 12.0. The molecular weight excluding hydrogens is 274 g/mol. The molecule has 0 spiro atoms. The van der Waals surface area contributed by atoms with Crippen LogP contribution in [0.3, 0.4) is 0 Å². The Balaban J connectivity index is 2.11. The molecule has 0 aliphatic rings. The summed E-state index contributed by atoms with van der Waals surface area (Å²) in [6.45, 7) is 5.13. The zero-order chi connectivity index (χ0) is 16.2. The molecule has 0 radical (unpaired) electrons. The van der Waals surface area contributed by atoms with E-state index in [-0.39, 0.29) is 11.9 Å². The van der Waals surface area contributed by atoms with Gasteiger partial charge in [0.05, 0.1) is 12.1 Å². The summed E-state index contributed by atoms with van der Waals surface area (Å²) in [4.78, 5) is 16.0. The van der Waals surface area contributed by atoms with E-state index in [1.165, 1.54) is 0 Å². The van der Waals surface area contributed by atoms with Crippen LogP contribution in [0.1, 0.15) is 32.4 Å². The third-order valence-corrected chi connectivity index (χ3v) is 3.62. The van der Waals surface area contributed by atoms with E-state index in [0.717, 1.165) is 16.7 Å². The summed E-state index contributed by atoms with van der Waals surface area (Å²) < 4.78 is 0. The summed E-state index contributed by atoms with van der Waals surface area (Å²) in [5, 5.41) is 11.9. The first-order chi connectivity index (χ1) is 10.4. The fourth-order valence-corrected chi connectivity index (χ4v) is 2.02. The highest BCUT2D eigenvalue weighted by atomic mass is 16.2. The summed E-state index contributed by atoms with van der Waals surface area (Å²) in [7, 11) is 0. The fourth-order valence-electron chi connectivity index (χ4n) is 2.02. The molecule has 1 atom stereocenters. The van der Waals surface area contributed by atoms with Crippen LogP contribution < -0.4 is 5.32 Å². The molecule has 1 heterocycles. The van der Waals surface area contributed by atoms with E-state index in [1.54, 1.807) is 26.2 Å². The predicted octanol–water partition coefficient (Wildman–Crippen LogP) is 3.48. The highest BCUT2D eigenvalue weighted by Gasteiger charge is 2.28. The number of aromatic nitrogens is 1. The summed E-state index contributed by atoms with van der Waals surface area (Å²) >= 11 is 0. The summed E-state index contributed by atoms with van der Waals surface area (Å²) in [5.41, 5.74) is 2.18. The van der Waals surface area contributed by atoms with Gasteiger partial charge in [-0.15, -0.1) is 0 Å². The number of carbonyl (C=O) groups is 1. The minimum absolute atomic E-state index is 0.147. The van der Waals surface area contributed by atoms with Crippen LogP contribution in [0, 0.1) is 16.7 Å². The molecule has 0 aliphatic heterocycles. The van der Waals surface area contributed by atoms with Gasteiger partial charge in [-0.2, -0.15) is 5.26 Å². The van der Waals surface area contributed by atoms with Crippen molar-refractivity contribution in [3.63, 3.8) is 0 Å². The first-order valence-electron chi connectivity index (χ1n) is 7.16. The van der Waals surface area contributed by atoms with Gasteiger partial charge >= 0.3 is 0 Å². The van der Waals surface area contributed by atoms with Crippen molar-refractivity contribution < 1.29 is 4.79 Å². The average molecular weight is 293 g/mol. The lowest BCUT2D eigenvalue weighted by molar-refractivity contribution is -0.127. The number of hydrogen-bond acceptors (Lipinski definition) is 3. The lowest BCUT2D eigenvalue weighted by Gasteiger charge is -2.20. The Labute approximate surface area is 130 Å². The van der Waals surface area contributed by atoms with Gasteiger partial charge in [-0.05, 0) is 49.6 Å². The van der Waals surface area contributed by atoms with Crippen LogP contribution in [0.4, 0.5) is 0 Å². The summed E-state index contributed by atoms with van der Waals surface area (Å²) in [6, 6.07) is 13.8. The number of nitrogens with zero attached hydrogens (tertiary/aromatic N) is 2. The number of nitrogens with one attached hydrogen (secondary N) is 1. The molecule has 2 rings (SSSR count). The monoisotopic (exact) mass is 293 g/mol. The number of benzene rings is 1. The van der Waals surface area contributed by atoms with E-state index < -0.39 is 5.41 Å². The minimum atomic E-state index is -1.02. The zero-order valence-corrected chi connectivity index (χ0v) is 13.0. The summed E-state index contributed by atoms with van der Waals surface area (Å²) in [6.07, 6.45) is 3.52. The van der Waals surface area contributed by atoms with Gasteiger partial charge in [-0.25, -0.2) is 0 Å². The van der Waals surface area contributed by atoms with Crippen LogP contribution in [0.15, 0.2) is 48.8 Å². The van der Waals surface area contributed by atoms with Crippen molar-refractivity contribution in [2.75, 3.05) is 0 Å². The SMILES string of the molecule is C[C@@H](NC(=O)C(C)(C)C#N)c1ccc(-c2ccncc2)cc1. The Hall–Kier alpha value is -2.67. The normalized spacial score (nSPS) is 12.3. The van der Waals surface area contributed by atoms with Crippen LogP contribution in [0.25, 0.3) is 11.1 Å². The first-order valence-corrected chi connectivity index (χ1v) is 7.16. The fraction of sp³-hybridized carbons (Fsp3) is 0.278. The molecule has 0 saturated heterocycles. The second-order valence-electron chi connectivity index (χ2n) is 5.79. The molecule has 1 amide bonds. The van der Waals surface area contributed by atoms with Gasteiger partial charge in [0.15, 0.2) is 0 Å². The largest absolute Gasteiger partial charge is 0.348 e. The second kappa shape index (κ2) is 6.40. The third-order valence-electron chi connectivity index (χ3n) is 3.62. The Kier molecular flexibility index (Phi) is 4.57. The van der Waals surface area contributed by atoms with E-state index in [0.29, 0.717) is 0 Å². The van der Waals surface area contributed by atoms with E-state index in [2.05, 4.69) is 10.3 Å². The Morgan fingerprint density at radius 2 is 1.68 bits per heavy atom. The molecule has 0 bridgehead atoms. The van der Waals surface area contributed by atoms with Crippen LogP contribution in [-0.2, 0) is 4.79 Å². The Bertz CT molecular complexity index is 685. The number of amides is 1. The van der Waals surface area contributed by atoms with Gasteiger partial charge < -0.3 is 5.32 Å². The highest BCUT2D eigenvalue weighted by Crippen LogP contribution is 2.22. The number of pyridine rings is 1. The van der Waals surface area contributed by atoms with Crippen molar-refractivity contribution in [2.24, 2.45) is 5.41 Å². The van der Waals surface area contributed by atoms with E-state index in [9.17, 15) is 4.79 Å². The first kappa shape index (κ1) is 15.7. The maximum absolute atomic E-state index is 12.0. The average Bonchev–Trinajstić information content (AvgIpc) is 2.55. The molecule has 0 fully saturated rings. The quantitative estimate of drug-likeness (QED) is 0.938. The zero-order valence-electron chi connectivity index (χ0n) is 13.0. The van der Waals surface area contributed by atoms with E-state index in [1.807, 2.05) is 49.4 Å². The molecule has 1 aromatic heterocycles. The minimum Gasteiger partial charge on any atom is -0.348 e. The molecule has 4 heteroatoms. The Morgan fingerprint density at radius 3 is 2.23 bits per heavy atom. The number of carbonyl (C=O) groups excluding carboxylic acids is 1. The van der Waals surface area contributed by atoms with Crippen molar-refractivity contribution in [1.29, 1.82) is 5.26 Å². The van der Waals surface area contributed by atoms with Crippen molar-refractivity contribution in [3.05, 3.63) is 54.4 Å². The van der Waals surface area contributed by atoms with Crippen molar-refractivity contribution in [2.45, 2.75) is 26.8 Å². The van der Waals surface area contributed by atoms with Gasteiger partial charge in [0.2, 0.25) is 5.91 Å². The van der Waals surface area contributed by atoms with Gasteiger partial charge in [0.25, 0.3) is 0 Å². The molecule has 4 nitrogen and oxygen atoms in total. The van der Waals surface area contributed by atoms with Gasteiger partial charge in [-0.3, -0.25) is 9.78 Å². The van der Waals surface area contributed by atoms with Crippen LogP contribution >= 0.6 is 0 Å². The van der Waals surface area contributed by atoms with E-state index >= 15 is 0 Å². The van der Waals surface area contributed by atoms with Gasteiger partial charge in [0.1, 0.15) is 5.41 Å². The molecule has 0 saturated carbocycles. The molecule has 1 N–H and O–H groups in total. The van der Waals surface area contributed by atoms with E-state index in [4.69, 9.17) is 5.26 Å². The van der Waals surface area contributed by atoms with Crippen molar-refractivity contribution in [3.8, 4) is 17.2 Å². The summed E-state index contributed by atoms with van der Waals surface area (Å²) in [5.74, 6) is -0.263. The molecule has 112 valence electrons. The second-order valence-corrected chi connectivity index (χ2v) is 5.79. The number of hydrogen-bond donors (Lipinski definition) is 1. The van der Waals surface area contributed by atoms with Crippen LogP contribution in [-0.4, -0.2) is 10.9 Å². The van der Waals surface area contributed by atoms with Gasteiger partial charge in [-0.1, -0.05) is 24.3 Å². The molecular formula is C18H19N3O. The lowest BCUT2D eigenvalue weighted by atomic mass is 9.93. The maximum Gasteiger partial charge on any atom is 0.240 e. The molecule has 0 unspecified atom stereocenters. The number of rotatable bonds is 4. The lowest BCUT2D eigenvalue weighted by Crippen LogP contribution is -2.37. The predicted molar refractivity (Wildman–Crippen MR) is 85.6 cm³/mol. The molecule has 1 aromatic carbocycles. The topological polar surface area (TPSA) is 65.8 Å². The van der Waals surface area contributed by atoms with Crippen molar-refractivity contribution >= 4 is 5.91 Å². The van der Waals surface area contributed by atoms with Crippen LogP contribution in [0.2, 0.25) is 0 Å². The standard InChI is InChI=1S/C18H19N3O/c1-13(21-17(22)18(2,3)12-19)14-4-6-15(7-5-14)16-8-10-20-11-9-16/h4-11,13H,1-3H3,(H,21,22)/t13-/m1/s1.